The van der Waals surface area contributed by atoms with Crippen molar-refractivity contribution < 1.29 is 26.4 Å². The maximum atomic E-state index is 14.4. The van der Waals surface area contributed by atoms with E-state index in [4.69, 9.17) is 0 Å². The molecule has 5 rings (SSSR count). The Morgan fingerprint density at radius 1 is 0.930 bits per heavy atom. The topological polar surface area (TPSA) is 86.1 Å². The van der Waals surface area contributed by atoms with Gasteiger partial charge in [-0.3, -0.25) is 14.6 Å². The second kappa shape index (κ2) is 12.0. The zero-order valence-electron chi connectivity index (χ0n) is 23.4. The Labute approximate surface area is 246 Å². The second-order valence-corrected chi connectivity index (χ2v) is 12.5. The number of sulfone groups is 1. The van der Waals surface area contributed by atoms with Gasteiger partial charge in [0.1, 0.15) is 22.3 Å². The number of Topliss-reactive ketones (excluding diaryl/α,β-unsaturated/α-hetero) is 1. The molecule has 0 aliphatic rings. The maximum absolute atomic E-state index is 14.4. The third-order valence-electron chi connectivity index (χ3n) is 7.31. The Morgan fingerprint density at radius 2 is 1.65 bits per heavy atom. The summed E-state index contributed by atoms with van der Waals surface area (Å²) in [7, 11) is -3.90. The molecule has 43 heavy (non-hydrogen) atoms. The van der Waals surface area contributed by atoms with Crippen LogP contribution in [0.5, 0.6) is 0 Å². The molecule has 10 heteroatoms. The summed E-state index contributed by atoms with van der Waals surface area (Å²) < 4.78 is 68.5. The van der Waals surface area contributed by atoms with E-state index in [0.29, 0.717) is 22.3 Å². The Kier molecular flexibility index (Phi) is 8.32. The minimum absolute atomic E-state index is 0.00804. The molecule has 0 aliphatic heterocycles. The average Bonchev–Trinajstić information content (AvgIpc) is 2.94. The van der Waals surface area contributed by atoms with Crippen LogP contribution in [0.25, 0.3) is 22.0 Å². The predicted octanol–water partition coefficient (Wildman–Crippen LogP) is 6.18. The van der Waals surface area contributed by atoms with Crippen LogP contribution in [0.15, 0.2) is 94.7 Å². The third-order valence-corrected chi connectivity index (χ3v) is 8.42. The van der Waals surface area contributed by atoms with E-state index in [1.807, 2.05) is 19.1 Å². The normalized spacial score (nSPS) is 12.4. The summed E-state index contributed by atoms with van der Waals surface area (Å²) in [6, 6.07) is 18.7. The van der Waals surface area contributed by atoms with Crippen LogP contribution >= 0.6 is 0 Å². The molecule has 0 saturated heterocycles. The average molecular weight is 605 g/mol. The minimum atomic E-state index is -3.90. The number of rotatable bonds is 9. The largest absolute Gasteiger partial charge is 0.301 e. The molecule has 0 saturated carbocycles. The summed E-state index contributed by atoms with van der Waals surface area (Å²) in [6.07, 6.45) is 2.24. The molecule has 0 bridgehead atoms. The van der Waals surface area contributed by atoms with Crippen molar-refractivity contribution in [3.05, 3.63) is 130 Å². The SMILES string of the molecule is Cc1cc(=O)n(CC(=O)C[C@@H](Cc2cc(F)cc(F)c2)c2ncccc2-c2ccc(F)c(S(C)(=O)=O)c2)c2ccccc12. The lowest BCUT2D eigenvalue weighted by atomic mass is 9.86. The van der Waals surface area contributed by atoms with E-state index in [2.05, 4.69) is 4.98 Å². The number of para-hydroxylation sites is 1. The molecule has 0 spiro atoms. The fraction of sp³-hybridized carbons (Fsp3) is 0.182. The number of carbonyl (C=O) groups is 1. The molecule has 0 radical (unpaired) electrons. The van der Waals surface area contributed by atoms with Crippen LogP contribution in [0.1, 0.15) is 29.2 Å². The molecule has 0 aliphatic carbocycles. The summed E-state index contributed by atoms with van der Waals surface area (Å²) in [6.45, 7) is 1.57. The minimum Gasteiger partial charge on any atom is -0.301 e. The van der Waals surface area contributed by atoms with Crippen LogP contribution in [0.2, 0.25) is 0 Å². The highest BCUT2D eigenvalue weighted by atomic mass is 32.2. The van der Waals surface area contributed by atoms with Crippen LogP contribution in [0, 0.1) is 24.4 Å². The van der Waals surface area contributed by atoms with Gasteiger partial charge < -0.3 is 4.57 Å². The number of hydrogen-bond acceptors (Lipinski definition) is 5. The van der Waals surface area contributed by atoms with Crippen molar-refractivity contribution in [2.75, 3.05) is 6.26 Å². The lowest BCUT2D eigenvalue weighted by molar-refractivity contribution is -0.120. The molecule has 5 aromatic rings. The number of halogens is 3. The van der Waals surface area contributed by atoms with Gasteiger partial charge in [-0.05, 0) is 66.4 Å². The standard InChI is InChI=1S/C33H27F3N2O4S/c1-20-12-32(40)38(30-8-4-3-6-27(20)30)19-26(39)16-23(13-21-14-24(34)18-25(35)15-21)33-28(7-5-11-37-33)22-9-10-29(36)31(17-22)43(2,41)42/h3-12,14-15,17-18,23H,13,16,19H2,1-2H3/t23-/m1/s1. The Bertz CT molecular complexity index is 2020. The summed E-state index contributed by atoms with van der Waals surface area (Å²) >= 11 is 0. The molecular weight excluding hydrogens is 577 g/mol. The van der Waals surface area contributed by atoms with Crippen LogP contribution in [0.3, 0.4) is 0 Å². The van der Waals surface area contributed by atoms with Crippen molar-refractivity contribution in [2.24, 2.45) is 0 Å². The van der Waals surface area contributed by atoms with Crippen molar-refractivity contribution >= 4 is 26.5 Å². The Morgan fingerprint density at radius 3 is 2.37 bits per heavy atom. The van der Waals surface area contributed by atoms with Crippen LogP contribution in [-0.2, 0) is 27.6 Å². The van der Waals surface area contributed by atoms with Gasteiger partial charge in [0.25, 0.3) is 5.56 Å². The molecule has 1 atom stereocenters. The molecule has 6 nitrogen and oxygen atoms in total. The van der Waals surface area contributed by atoms with Crippen molar-refractivity contribution in [2.45, 2.75) is 37.1 Å². The van der Waals surface area contributed by atoms with Crippen molar-refractivity contribution in [3.63, 3.8) is 0 Å². The van der Waals surface area contributed by atoms with E-state index < -0.39 is 38.1 Å². The van der Waals surface area contributed by atoms with Gasteiger partial charge in [-0.2, -0.15) is 0 Å². The quantitative estimate of drug-likeness (QED) is 0.201. The fourth-order valence-corrected chi connectivity index (χ4v) is 6.17. The van der Waals surface area contributed by atoms with E-state index >= 15 is 0 Å². The fourth-order valence-electron chi connectivity index (χ4n) is 5.40. The zero-order valence-corrected chi connectivity index (χ0v) is 24.2. The highest BCUT2D eigenvalue weighted by molar-refractivity contribution is 7.90. The first kappa shape index (κ1) is 29.9. The van der Waals surface area contributed by atoms with Gasteiger partial charge in [-0.15, -0.1) is 0 Å². The monoisotopic (exact) mass is 604 g/mol. The molecule has 3 aromatic carbocycles. The zero-order chi connectivity index (χ0) is 30.9. The third kappa shape index (κ3) is 6.59. The summed E-state index contributed by atoms with van der Waals surface area (Å²) in [5.41, 5.74) is 2.44. The van der Waals surface area contributed by atoms with E-state index in [9.17, 15) is 31.2 Å². The number of pyridine rings is 2. The van der Waals surface area contributed by atoms with Gasteiger partial charge >= 0.3 is 0 Å². The van der Waals surface area contributed by atoms with Gasteiger partial charge in [-0.1, -0.05) is 30.3 Å². The second-order valence-electron chi connectivity index (χ2n) is 10.5. The molecule has 0 N–H and O–H groups in total. The summed E-state index contributed by atoms with van der Waals surface area (Å²) in [4.78, 5) is 30.5. The van der Waals surface area contributed by atoms with Crippen LogP contribution in [-0.4, -0.2) is 30.0 Å². The number of fused-ring (bicyclic) bond motifs is 1. The summed E-state index contributed by atoms with van der Waals surface area (Å²) in [5.74, 6) is -3.53. The van der Waals surface area contributed by atoms with Crippen LogP contribution < -0.4 is 5.56 Å². The Hall–Kier alpha value is -4.57. The number of hydrogen-bond donors (Lipinski definition) is 0. The number of aromatic nitrogens is 2. The smallest absolute Gasteiger partial charge is 0.251 e. The van der Waals surface area contributed by atoms with Gasteiger partial charge in [0.05, 0.1) is 17.8 Å². The number of benzene rings is 3. The lowest BCUT2D eigenvalue weighted by Crippen LogP contribution is -2.26. The van der Waals surface area contributed by atoms with Crippen molar-refractivity contribution in [3.8, 4) is 11.1 Å². The van der Waals surface area contributed by atoms with E-state index in [1.165, 1.54) is 41.1 Å². The number of aryl methyl sites for hydroxylation is 1. The molecule has 2 heterocycles. The first-order valence-corrected chi connectivity index (χ1v) is 15.3. The van der Waals surface area contributed by atoms with E-state index in [0.717, 1.165) is 29.3 Å². The van der Waals surface area contributed by atoms with E-state index in [1.54, 1.807) is 24.3 Å². The molecule has 0 fully saturated rings. The number of ketones is 1. The highest BCUT2D eigenvalue weighted by Crippen LogP contribution is 2.34. The number of nitrogens with zero attached hydrogens (tertiary/aromatic N) is 2. The van der Waals surface area contributed by atoms with Gasteiger partial charge in [0.15, 0.2) is 15.6 Å². The van der Waals surface area contributed by atoms with Gasteiger partial charge in [0.2, 0.25) is 0 Å². The number of carbonyl (C=O) groups excluding carboxylic acids is 1. The van der Waals surface area contributed by atoms with Crippen molar-refractivity contribution in [1.29, 1.82) is 0 Å². The first-order chi connectivity index (χ1) is 20.4. The molecular formula is C33H27F3N2O4S. The molecule has 0 amide bonds. The molecule has 220 valence electrons. The summed E-state index contributed by atoms with van der Waals surface area (Å²) in [5, 5.41) is 0.826. The predicted molar refractivity (Wildman–Crippen MR) is 158 cm³/mol. The van der Waals surface area contributed by atoms with Gasteiger partial charge in [0, 0.05) is 47.9 Å². The Balaban J connectivity index is 1.58. The molecule has 2 aromatic heterocycles. The van der Waals surface area contributed by atoms with Crippen LogP contribution in [0.4, 0.5) is 13.2 Å². The lowest BCUT2D eigenvalue weighted by Gasteiger charge is -2.21. The van der Waals surface area contributed by atoms with E-state index in [-0.39, 0.29) is 36.3 Å². The van der Waals surface area contributed by atoms with Gasteiger partial charge in [-0.25, -0.2) is 21.6 Å². The van der Waals surface area contributed by atoms with Crippen molar-refractivity contribution in [1.82, 2.24) is 9.55 Å². The maximum Gasteiger partial charge on any atom is 0.251 e. The first-order valence-electron chi connectivity index (χ1n) is 13.4. The molecule has 0 unspecified atom stereocenters. The highest BCUT2D eigenvalue weighted by Gasteiger charge is 2.24.